The van der Waals surface area contributed by atoms with Crippen LogP contribution in [-0.4, -0.2) is 74.8 Å². The van der Waals surface area contributed by atoms with Crippen molar-refractivity contribution in [2.24, 2.45) is 0 Å². The van der Waals surface area contributed by atoms with Crippen LogP contribution in [0.3, 0.4) is 0 Å². The third-order valence-electron chi connectivity index (χ3n) is 9.97. The molecule has 0 bridgehead atoms. The zero-order chi connectivity index (χ0) is 38.0. The Bertz CT molecular complexity index is 1770. The van der Waals surface area contributed by atoms with Crippen LogP contribution in [0.5, 0.6) is 0 Å². The molecule has 4 rings (SSSR count). The van der Waals surface area contributed by atoms with E-state index in [1.54, 1.807) is 12.1 Å². The number of fused-ring (bicyclic) bond motifs is 2. The van der Waals surface area contributed by atoms with Gasteiger partial charge in [0.1, 0.15) is 20.2 Å². The van der Waals surface area contributed by atoms with Gasteiger partial charge >= 0.3 is 48.9 Å². The molecule has 0 aliphatic heterocycles. The molecule has 0 aliphatic rings. The smallest absolute Gasteiger partial charge is 0.744 e. The van der Waals surface area contributed by atoms with E-state index < -0.39 is 20.2 Å². The molecular weight excluding hydrogens is 826 g/mol. The largest absolute Gasteiger partial charge is 2.00 e. The second-order valence-electron chi connectivity index (χ2n) is 14.4. The van der Waals surface area contributed by atoms with Gasteiger partial charge in [0.05, 0.1) is 9.79 Å². The first-order valence-electron chi connectivity index (χ1n) is 19.9. The normalized spacial score (nSPS) is 11.7. The molecule has 6 nitrogen and oxygen atoms in total. The van der Waals surface area contributed by atoms with Crippen LogP contribution in [0, 0.1) is 0 Å². The predicted octanol–water partition coefficient (Wildman–Crippen LogP) is 11.6. The molecule has 4 aromatic rings. The van der Waals surface area contributed by atoms with Crippen LogP contribution in [0.15, 0.2) is 70.5 Å². The van der Waals surface area contributed by atoms with Crippen LogP contribution in [0.25, 0.3) is 21.5 Å². The van der Waals surface area contributed by atoms with Crippen molar-refractivity contribution in [3.05, 3.63) is 82.9 Å². The maximum atomic E-state index is 11.5. The van der Waals surface area contributed by atoms with Gasteiger partial charge < -0.3 is 9.11 Å². The Balaban J connectivity index is 0.000000360. The van der Waals surface area contributed by atoms with E-state index in [1.165, 1.54) is 87.5 Å². The average Bonchev–Trinajstić information content (AvgIpc) is 3.11. The Morgan fingerprint density at radius 3 is 1.04 bits per heavy atom. The quantitative estimate of drug-likeness (QED) is 0.0441. The second-order valence-corrected chi connectivity index (χ2v) is 17.2. The van der Waals surface area contributed by atoms with E-state index in [2.05, 4.69) is 52.0 Å². The molecule has 0 spiro atoms. The Morgan fingerprint density at radius 2 is 0.736 bits per heavy atom. The summed E-state index contributed by atoms with van der Waals surface area (Å²) >= 11 is 0. The molecule has 0 saturated carbocycles. The minimum absolute atomic E-state index is 0. The van der Waals surface area contributed by atoms with Crippen molar-refractivity contribution in [2.45, 2.75) is 166 Å². The molecule has 0 aliphatic carbocycles. The average molecular weight is 888 g/mol. The fourth-order valence-corrected chi connectivity index (χ4v) is 8.03. The van der Waals surface area contributed by atoms with E-state index >= 15 is 0 Å². The van der Waals surface area contributed by atoms with Crippen LogP contribution in [0.1, 0.15) is 153 Å². The summed E-state index contributed by atoms with van der Waals surface area (Å²) in [6.45, 7) is 8.76. The third-order valence-corrected chi connectivity index (χ3v) is 11.6. The molecule has 0 N–H and O–H groups in total. The number of rotatable bonds is 22. The van der Waals surface area contributed by atoms with Crippen molar-refractivity contribution in [1.29, 1.82) is 0 Å². The Kier molecular flexibility index (Phi) is 22.7. The van der Waals surface area contributed by atoms with Crippen molar-refractivity contribution in [1.82, 2.24) is 0 Å². The molecule has 0 aromatic heterocycles. The van der Waals surface area contributed by atoms with Gasteiger partial charge in [0, 0.05) is 0 Å². The zero-order valence-corrected chi connectivity index (χ0v) is 39.0. The van der Waals surface area contributed by atoms with Gasteiger partial charge in [-0.25, -0.2) is 16.8 Å². The Morgan fingerprint density at radius 1 is 0.415 bits per heavy atom. The Labute approximate surface area is 361 Å². The van der Waals surface area contributed by atoms with Gasteiger partial charge in [-0.1, -0.05) is 141 Å². The number of aryl methyl sites for hydroxylation is 4. The van der Waals surface area contributed by atoms with Crippen molar-refractivity contribution in [3.63, 3.8) is 0 Å². The van der Waals surface area contributed by atoms with E-state index in [0.29, 0.717) is 0 Å². The molecule has 0 fully saturated rings. The Hall–Kier alpha value is -1.21. The van der Waals surface area contributed by atoms with Gasteiger partial charge in [-0.2, -0.15) is 0 Å². The number of benzene rings is 4. The molecule has 288 valence electrons. The summed E-state index contributed by atoms with van der Waals surface area (Å²) in [5.41, 5.74) is 4.56. The van der Waals surface area contributed by atoms with Gasteiger partial charge in [-0.3, -0.25) is 0 Å². The van der Waals surface area contributed by atoms with E-state index in [1.807, 2.05) is 12.1 Å². The molecule has 0 unspecified atom stereocenters. The number of unbranched alkanes of at least 4 members (excludes halogenated alkanes) is 12. The maximum Gasteiger partial charge on any atom is 2.00 e. The molecule has 0 saturated heterocycles. The van der Waals surface area contributed by atoms with E-state index in [9.17, 15) is 25.9 Å². The SMILES string of the molecule is CCCCCCc1ccc2cc(S(=O)(=O)[O-])cc(CCCCCC)c2c1.CCCCCCc1ccc2cc(S(=O)(=O)[O-])cc(CCCCCC)c2c1.[Ba+2]. The fourth-order valence-electron chi connectivity index (χ4n) is 6.91. The summed E-state index contributed by atoms with van der Waals surface area (Å²) in [6.07, 6.45) is 22.5. The summed E-state index contributed by atoms with van der Waals surface area (Å²) < 4.78 is 69.1. The van der Waals surface area contributed by atoms with Crippen LogP contribution in [-0.2, 0) is 45.9 Å². The van der Waals surface area contributed by atoms with Crippen molar-refractivity contribution in [3.8, 4) is 0 Å². The zero-order valence-electron chi connectivity index (χ0n) is 32.9. The number of hydrogen-bond donors (Lipinski definition) is 0. The van der Waals surface area contributed by atoms with E-state index in [0.717, 1.165) is 96.9 Å². The first-order valence-corrected chi connectivity index (χ1v) is 22.8. The van der Waals surface area contributed by atoms with Gasteiger partial charge in [0.25, 0.3) is 0 Å². The minimum Gasteiger partial charge on any atom is -0.744 e. The van der Waals surface area contributed by atoms with Crippen molar-refractivity contribution >= 4 is 90.7 Å². The fraction of sp³-hybridized carbons (Fsp3) is 0.545. The summed E-state index contributed by atoms with van der Waals surface area (Å²) in [6, 6.07) is 18.7. The van der Waals surface area contributed by atoms with Crippen molar-refractivity contribution in [2.75, 3.05) is 0 Å². The second kappa shape index (κ2) is 25.1. The summed E-state index contributed by atoms with van der Waals surface area (Å²) in [7, 11) is -8.87. The minimum atomic E-state index is -4.43. The first kappa shape index (κ1) is 47.9. The van der Waals surface area contributed by atoms with E-state index in [4.69, 9.17) is 0 Å². The summed E-state index contributed by atoms with van der Waals surface area (Å²) in [5.74, 6) is 0. The van der Waals surface area contributed by atoms with Gasteiger partial charge in [-0.15, -0.1) is 0 Å². The van der Waals surface area contributed by atoms with Gasteiger partial charge in [-0.05, 0) is 119 Å². The molecule has 0 heterocycles. The van der Waals surface area contributed by atoms with Gasteiger partial charge in [0.15, 0.2) is 0 Å². The molecule has 0 radical (unpaired) electrons. The van der Waals surface area contributed by atoms with Gasteiger partial charge in [0.2, 0.25) is 0 Å². The molecule has 4 aromatic carbocycles. The standard InChI is InChI=1S/2C22H32O3S.Ba/c2*1-3-5-7-9-11-18-13-14-20-17-21(26(23,24)25)16-19(22(20)15-18)12-10-8-6-4-2;/h2*13-17H,3-12H2,1-2H3,(H,23,24,25);/q;;+2/p-2. The molecule has 0 atom stereocenters. The van der Waals surface area contributed by atoms with Crippen LogP contribution in [0.4, 0.5) is 0 Å². The van der Waals surface area contributed by atoms with Crippen molar-refractivity contribution < 1.29 is 25.9 Å². The monoisotopic (exact) mass is 888 g/mol. The first-order chi connectivity index (χ1) is 24.9. The topological polar surface area (TPSA) is 114 Å². The predicted molar refractivity (Wildman–Crippen MR) is 221 cm³/mol. The molecule has 53 heavy (non-hydrogen) atoms. The molecule has 9 heteroatoms. The van der Waals surface area contributed by atoms with E-state index in [-0.39, 0.29) is 58.7 Å². The summed E-state index contributed by atoms with van der Waals surface area (Å²) in [5, 5.41) is 3.90. The number of hydrogen-bond acceptors (Lipinski definition) is 6. The van der Waals surface area contributed by atoms with Crippen LogP contribution >= 0.6 is 0 Å². The molecular formula is C44H62BaO6S2. The molecule has 0 amide bonds. The van der Waals surface area contributed by atoms with Crippen LogP contribution in [0.2, 0.25) is 0 Å². The van der Waals surface area contributed by atoms with Crippen LogP contribution < -0.4 is 0 Å². The summed E-state index contributed by atoms with van der Waals surface area (Å²) in [4.78, 5) is -0.211. The third kappa shape index (κ3) is 16.8. The maximum absolute atomic E-state index is 11.5.